The molecule has 0 aromatic heterocycles. The van der Waals surface area contributed by atoms with Gasteiger partial charge in [-0.15, -0.1) is 0 Å². The number of methoxy groups -OCH3 is 1. The van der Waals surface area contributed by atoms with Crippen LogP contribution in [0, 0.1) is 11.3 Å². The molecule has 0 spiro atoms. The van der Waals surface area contributed by atoms with Gasteiger partial charge in [-0.1, -0.05) is 6.07 Å². The number of anilines is 1. The molecule has 1 aromatic carbocycles. The van der Waals surface area contributed by atoms with E-state index >= 15 is 0 Å². The standard InChI is InChI=1S/C13H14N2O3/c1-3-15(12(16)7-8-14)11-6-4-5-10(9-11)13(17)18-2/h4-6,9H,3,7H2,1-2H3. The zero-order valence-electron chi connectivity index (χ0n) is 10.3. The van der Waals surface area contributed by atoms with E-state index in [1.54, 1.807) is 31.2 Å². The molecule has 0 heterocycles. The minimum Gasteiger partial charge on any atom is -0.465 e. The Balaban J connectivity index is 3.04. The molecule has 0 saturated heterocycles. The fraction of sp³-hybridized carbons (Fsp3) is 0.308. The van der Waals surface area contributed by atoms with Gasteiger partial charge in [0.1, 0.15) is 6.42 Å². The fourth-order valence-electron chi connectivity index (χ4n) is 1.58. The Morgan fingerprint density at radius 3 is 2.72 bits per heavy atom. The van der Waals surface area contributed by atoms with E-state index in [4.69, 9.17) is 5.26 Å². The molecule has 0 N–H and O–H groups in total. The molecular formula is C13H14N2O3. The molecule has 94 valence electrons. The van der Waals surface area contributed by atoms with Crippen molar-refractivity contribution < 1.29 is 14.3 Å². The van der Waals surface area contributed by atoms with Crippen LogP contribution in [0.3, 0.4) is 0 Å². The number of nitriles is 1. The van der Waals surface area contributed by atoms with E-state index < -0.39 is 5.97 Å². The highest BCUT2D eigenvalue weighted by atomic mass is 16.5. The number of benzene rings is 1. The van der Waals surface area contributed by atoms with Crippen molar-refractivity contribution in [1.82, 2.24) is 0 Å². The van der Waals surface area contributed by atoms with Gasteiger partial charge >= 0.3 is 5.97 Å². The highest BCUT2D eigenvalue weighted by Crippen LogP contribution is 2.17. The number of rotatable bonds is 4. The third-order valence-corrected chi connectivity index (χ3v) is 2.43. The number of ether oxygens (including phenoxy) is 1. The first kappa shape index (κ1) is 13.7. The molecule has 0 radical (unpaired) electrons. The molecule has 18 heavy (non-hydrogen) atoms. The van der Waals surface area contributed by atoms with Gasteiger partial charge in [0.2, 0.25) is 5.91 Å². The predicted molar refractivity (Wildman–Crippen MR) is 66.0 cm³/mol. The third kappa shape index (κ3) is 3.08. The summed E-state index contributed by atoms with van der Waals surface area (Å²) >= 11 is 0. The first-order valence-corrected chi connectivity index (χ1v) is 5.49. The van der Waals surface area contributed by atoms with E-state index in [1.165, 1.54) is 12.0 Å². The molecule has 0 aliphatic carbocycles. The van der Waals surface area contributed by atoms with Crippen molar-refractivity contribution >= 4 is 17.6 Å². The first-order valence-electron chi connectivity index (χ1n) is 5.49. The summed E-state index contributed by atoms with van der Waals surface area (Å²) in [5, 5.41) is 8.54. The van der Waals surface area contributed by atoms with Crippen LogP contribution in [0.2, 0.25) is 0 Å². The van der Waals surface area contributed by atoms with E-state index in [1.807, 2.05) is 6.07 Å². The maximum absolute atomic E-state index is 11.7. The lowest BCUT2D eigenvalue weighted by Gasteiger charge is -2.20. The summed E-state index contributed by atoms with van der Waals surface area (Å²) in [6.07, 6.45) is -0.184. The second kappa shape index (κ2) is 6.40. The second-order valence-electron chi connectivity index (χ2n) is 3.51. The Morgan fingerprint density at radius 1 is 1.44 bits per heavy atom. The van der Waals surface area contributed by atoms with Gasteiger partial charge in [-0.3, -0.25) is 4.79 Å². The molecule has 0 aliphatic heterocycles. The maximum atomic E-state index is 11.7. The van der Waals surface area contributed by atoms with E-state index in [0.717, 1.165) is 0 Å². The average molecular weight is 246 g/mol. The summed E-state index contributed by atoms with van der Waals surface area (Å²) in [6.45, 7) is 2.24. The van der Waals surface area contributed by atoms with Crippen LogP contribution in [0.4, 0.5) is 5.69 Å². The maximum Gasteiger partial charge on any atom is 0.337 e. The molecule has 5 heteroatoms. The van der Waals surface area contributed by atoms with Crippen molar-refractivity contribution in [3.63, 3.8) is 0 Å². The van der Waals surface area contributed by atoms with E-state index in [9.17, 15) is 9.59 Å². The zero-order chi connectivity index (χ0) is 13.5. The summed E-state index contributed by atoms with van der Waals surface area (Å²) in [6, 6.07) is 8.38. The van der Waals surface area contributed by atoms with Crippen LogP contribution < -0.4 is 4.90 Å². The molecule has 1 aromatic rings. The van der Waals surface area contributed by atoms with Crippen LogP contribution in [0.15, 0.2) is 24.3 Å². The van der Waals surface area contributed by atoms with Gasteiger partial charge in [0.05, 0.1) is 18.7 Å². The summed E-state index contributed by atoms with van der Waals surface area (Å²) in [5.74, 6) is -0.748. The van der Waals surface area contributed by atoms with Gasteiger partial charge in [-0.25, -0.2) is 4.79 Å². The van der Waals surface area contributed by atoms with Gasteiger partial charge in [0, 0.05) is 12.2 Å². The first-order chi connectivity index (χ1) is 8.63. The minimum absolute atomic E-state index is 0.184. The highest BCUT2D eigenvalue weighted by molar-refractivity contribution is 5.96. The monoisotopic (exact) mass is 246 g/mol. The lowest BCUT2D eigenvalue weighted by Crippen LogP contribution is -2.30. The molecule has 0 saturated carbocycles. The molecule has 0 aliphatic rings. The van der Waals surface area contributed by atoms with Crippen LogP contribution in [-0.4, -0.2) is 25.5 Å². The van der Waals surface area contributed by atoms with Crippen molar-refractivity contribution in [1.29, 1.82) is 5.26 Å². The minimum atomic E-state index is -0.458. The lowest BCUT2D eigenvalue weighted by atomic mass is 10.2. The van der Waals surface area contributed by atoms with Gasteiger partial charge in [0.25, 0.3) is 0 Å². The van der Waals surface area contributed by atoms with E-state index in [2.05, 4.69) is 4.74 Å². The van der Waals surface area contributed by atoms with Gasteiger partial charge < -0.3 is 9.64 Å². The van der Waals surface area contributed by atoms with Crippen molar-refractivity contribution in [2.45, 2.75) is 13.3 Å². The number of carbonyl (C=O) groups excluding carboxylic acids is 2. The normalized spacial score (nSPS) is 9.39. The van der Waals surface area contributed by atoms with Gasteiger partial charge in [0.15, 0.2) is 0 Å². The molecule has 0 bridgehead atoms. The van der Waals surface area contributed by atoms with Crippen LogP contribution in [0.1, 0.15) is 23.7 Å². The Labute approximate surface area is 106 Å². The van der Waals surface area contributed by atoms with Crippen molar-refractivity contribution in [2.75, 3.05) is 18.6 Å². The number of carbonyl (C=O) groups is 2. The summed E-state index contributed by atoms with van der Waals surface area (Å²) < 4.78 is 4.62. The van der Waals surface area contributed by atoms with Gasteiger partial charge in [-0.05, 0) is 25.1 Å². The number of nitrogens with zero attached hydrogens (tertiary/aromatic N) is 2. The number of hydrogen-bond donors (Lipinski definition) is 0. The van der Waals surface area contributed by atoms with Crippen LogP contribution in [0.5, 0.6) is 0 Å². The third-order valence-electron chi connectivity index (χ3n) is 2.43. The largest absolute Gasteiger partial charge is 0.465 e. The Morgan fingerprint density at radius 2 is 2.17 bits per heavy atom. The molecule has 0 fully saturated rings. The molecule has 1 rings (SSSR count). The summed E-state index contributed by atoms with van der Waals surface area (Å²) in [5.41, 5.74) is 0.957. The summed E-state index contributed by atoms with van der Waals surface area (Å²) in [7, 11) is 1.30. The molecule has 1 amide bonds. The molecular weight excluding hydrogens is 232 g/mol. The SMILES string of the molecule is CCN(C(=O)CC#N)c1cccc(C(=O)OC)c1. The Hall–Kier alpha value is -2.35. The fourth-order valence-corrected chi connectivity index (χ4v) is 1.58. The quantitative estimate of drug-likeness (QED) is 0.759. The Kier molecular flexibility index (Phi) is 4.88. The van der Waals surface area contributed by atoms with Gasteiger partial charge in [-0.2, -0.15) is 5.26 Å². The molecule has 0 unspecified atom stereocenters. The lowest BCUT2D eigenvalue weighted by molar-refractivity contribution is -0.117. The average Bonchev–Trinajstić information content (AvgIpc) is 2.39. The van der Waals surface area contributed by atoms with Crippen molar-refractivity contribution in [3.05, 3.63) is 29.8 Å². The zero-order valence-corrected chi connectivity index (χ0v) is 10.3. The van der Waals surface area contributed by atoms with Crippen molar-refractivity contribution in [3.8, 4) is 6.07 Å². The molecule has 0 atom stereocenters. The topological polar surface area (TPSA) is 70.4 Å². The number of esters is 1. The number of hydrogen-bond acceptors (Lipinski definition) is 4. The van der Waals surface area contributed by atoms with E-state index in [0.29, 0.717) is 17.8 Å². The smallest absolute Gasteiger partial charge is 0.337 e. The van der Waals surface area contributed by atoms with Crippen LogP contribution >= 0.6 is 0 Å². The Bertz CT molecular complexity index is 491. The van der Waals surface area contributed by atoms with Crippen LogP contribution in [0.25, 0.3) is 0 Å². The van der Waals surface area contributed by atoms with Crippen LogP contribution in [-0.2, 0) is 9.53 Å². The van der Waals surface area contributed by atoms with Crippen molar-refractivity contribution in [2.24, 2.45) is 0 Å². The summed E-state index contributed by atoms with van der Waals surface area (Å²) in [4.78, 5) is 24.6. The van der Waals surface area contributed by atoms with E-state index in [-0.39, 0.29) is 12.3 Å². The second-order valence-corrected chi connectivity index (χ2v) is 3.51. The number of amides is 1. The molecule has 5 nitrogen and oxygen atoms in total. The highest BCUT2D eigenvalue weighted by Gasteiger charge is 2.15. The predicted octanol–water partition coefficient (Wildman–Crippen LogP) is 1.74.